The van der Waals surface area contributed by atoms with E-state index in [1.165, 1.54) is 0 Å². The van der Waals surface area contributed by atoms with Crippen LogP contribution in [0.3, 0.4) is 0 Å². The summed E-state index contributed by atoms with van der Waals surface area (Å²) < 4.78 is 6.69. The van der Waals surface area contributed by atoms with E-state index in [1.807, 2.05) is 44.2 Å². The summed E-state index contributed by atoms with van der Waals surface area (Å²) in [6.07, 6.45) is 3.45. The molecule has 0 aliphatic carbocycles. The summed E-state index contributed by atoms with van der Waals surface area (Å²) in [6, 6.07) is 8.88. The van der Waals surface area contributed by atoms with Crippen LogP contribution in [0.1, 0.15) is 58.4 Å². The fourth-order valence-electron chi connectivity index (χ4n) is 6.49. The van der Waals surface area contributed by atoms with Crippen LogP contribution in [0.25, 0.3) is 0 Å². The molecule has 1 spiro atoms. The number of fused-ring (bicyclic) bond motifs is 1. The van der Waals surface area contributed by atoms with Gasteiger partial charge in [0.25, 0.3) is 0 Å². The number of benzene rings is 1. The van der Waals surface area contributed by atoms with Gasteiger partial charge in [0, 0.05) is 26.2 Å². The number of hydrogen-bond acceptors (Lipinski definition) is 5. The lowest BCUT2D eigenvalue weighted by molar-refractivity contribution is -0.147. The second-order valence-electron chi connectivity index (χ2n) is 10.5. The molecule has 0 aromatic heterocycles. The third-order valence-electron chi connectivity index (χ3n) is 8.26. The first-order valence-electron chi connectivity index (χ1n) is 13.0. The van der Waals surface area contributed by atoms with E-state index in [4.69, 9.17) is 9.84 Å². The van der Waals surface area contributed by atoms with E-state index in [1.54, 1.807) is 4.90 Å². The predicted molar refractivity (Wildman–Crippen MR) is 131 cm³/mol. The van der Waals surface area contributed by atoms with E-state index in [0.717, 1.165) is 18.4 Å². The minimum Gasteiger partial charge on any atom is -0.396 e. The summed E-state index contributed by atoms with van der Waals surface area (Å²) in [5, 5.41) is 15.2. The van der Waals surface area contributed by atoms with Gasteiger partial charge in [0.15, 0.2) is 0 Å². The molecule has 1 aromatic carbocycles. The van der Waals surface area contributed by atoms with Gasteiger partial charge in [0.1, 0.15) is 11.6 Å². The molecule has 0 radical (unpaired) electrons. The van der Waals surface area contributed by atoms with E-state index in [9.17, 15) is 14.4 Å². The van der Waals surface area contributed by atoms with Crippen LogP contribution in [-0.4, -0.2) is 64.7 Å². The van der Waals surface area contributed by atoms with E-state index in [0.29, 0.717) is 38.9 Å². The first kappa shape index (κ1) is 25.6. The van der Waals surface area contributed by atoms with Crippen molar-refractivity contribution in [2.24, 2.45) is 17.8 Å². The van der Waals surface area contributed by atoms with Crippen LogP contribution in [0.5, 0.6) is 0 Å². The lowest BCUT2D eigenvalue weighted by Crippen LogP contribution is -2.55. The second-order valence-corrected chi connectivity index (χ2v) is 10.5. The van der Waals surface area contributed by atoms with Crippen LogP contribution in [0.4, 0.5) is 0 Å². The summed E-state index contributed by atoms with van der Waals surface area (Å²) in [7, 11) is 0. The highest BCUT2D eigenvalue weighted by Gasteiger charge is 2.79. The van der Waals surface area contributed by atoms with Gasteiger partial charge in [-0.3, -0.25) is 14.4 Å². The van der Waals surface area contributed by atoms with Gasteiger partial charge < -0.3 is 25.4 Å². The molecule has 4 rings (SSSR count). The first-order valence-corrected chi connectivity index (χ1v) is 13.0. The summed E-state index contributed by atoms with van der Waals surface area (Å²) >= 11 is 0. The number of aliphatic hydroxyl groups excluding tert-OH is 1. The number of carbonyl (C=O) groups is 3. The second kappa shape index (κ2) is 10.3. The molecule has 3 aliphatic heterocycles. The highest BCUT2D eigenvalue weighted by Crippen LogP contribution is 2.65. The molecule has 3 amide bonds. The molecule has 3 N–H and O–H groups in total. The number of nitrogens with zero attached hydrogens (tertiary/aromatic N) is 1. The van der Waals surface area contributed by atoms with Crippen LogP contribution < -0.4 is 10.6 Å². The molecule has 192 valence electrons. The van der Waals surface area contributed by atoms with Gasteiger partial charge in [-0.25, -0.2) is 0 Å². The molecule has 35 heavy (non-hydrogen) atoms. The Hall–Kier alpha value is -2.45. The maximum atomic E-state index is 13.9. The highest BCUT2D eigenvalue weighted by atomic mass is 16.5. The largest absolute Gasteiger partial charge is 0.396 e. The Kier molecular flexibility index (Phi) is 7.52. The molecule has 3 aliphatic rings. The Morgan fingerprint density at radius 3 is 2.57 bits per heavy atom. The molecular weight excluding hydrogens is 446 g/mol. The SMILES string of the molecule is CCCNC(=O)[C@H]1[C@H]2C(=O)N(CCCCCO)C(C(=O)NCc3ccccc3)C23CC(C)[C@]1(C)O3. The van der Waals surface area contributed by atoms with Crippen molar-refractivity contribution in [1.82, 2.24) is 15.5 Å². The van der Waals surface area contributed by atoms with Gasteiger partial charge in [-0.05, 0) is 50.5 Å². The van der Waals surface area contributed by atoms with E-state index >= 15 is 0 Å². The van der Waals surface area contributed by atoms with Gasteiger partial charge in [-0.2, -0.15) is 0 Å². The maximum Gasteiger partial charge on any atom is 0.246 e. The van der Waals surface area contributed by atoms with E-state index in [-0.39, 0.29) is 30.2 Å². The summed E-state index contributed by atoms with van der Waals surface area (Å²) in [5.74, 6) is -1.84. The minimum absolute atomic E-state index is 0.0303. The Bertz CT molecular complexity index is 940. The van der Waals surface area contributed by atoms with Gasteiger partial charge in [-0.1, -0.05) is 44.2 Å². The zero-order chi connectivity index (χ0) is 25.2. The molecule has 0 saturated carbocycles. The van der Waals surface area contributed by atoms with Crippen LogP contribution in [0.2, 0.25) is 0 Å². The molecule has 3 heterocycles. The smallest absolute Gasteiger partial charge is 0.246 e. The van der Waals surface area contributed by atoms with Crippen molar-refractivity contribution in [3.05, 3.63) is 35.9 Å². The van der Waals surface area contributed by atoms with Crippen molar-refractivity contribution in [1.29, 1.82) is 0 Å². The Morgan fingerprint density at radius 1 is 1.14 bits per heavy atom. The molecule has 1 aromatic rings. The molecule has 3 saturated heterocycles. The summed E-state index contributed by atoms with van der Waals surface area (Å²) in [4.78, 5) is 42.6. The van der Waals surface area contributed by atoms with Crippen molar-refractivity contribution >= 4 is 17.7 Å². The lowest BCUT2D eigenvalue weighted by atomic mass is 9.62. The number of carbonyl (C=O) groups excluding carboxylic acids is 3. The van der Waals surface area contributed by atoms with Gasteiger partial charge in [0.2, 0.25) is 17.7 Å². The Morgan fingerprint density at radius 2 is 1.89 bits per heavy atom. The Balaban J connectivity index is 1.65. The normalized spacial score (nSPS) is 33.1. The molecule has 3 fully saturated rings. The highest BCUT2D eigenvalue weighted by molar-refractivity contribution is 5.99. The lowest BCUT2D eigenvalue weighted by Gasteiger charge is -2.36. The number of nitrogens with one attached hydrogen (secondary N) is 2. The first-order chi connectivity index (χ1) is 16.8. The fraction of sp³-hybridized carbons (Fsp3) is 0.667. The zero-order valence-corrected chi connectivity index (χ0v) is 21.1. The number of ether oxygens (including phenoxy) is 1. The van der Waals surface area contributed by atoms with E-state index < -0.39 is 29.1 Å². The number of unbranched alkanes of at least 4 members (excludes halogenated alkanes) is 2. The number of amides is 3. The monoisotopic (exact) mass is 485 g/mol. The van der Waals surface area contributed by atoms with Crippen LogP contribution in [0.15, 0.2) is 30.3 Å². The van der Waals surface area contributed by atoms with Gasteiger partial charge in [0.05, 0.1) is 17.4 Å². The van der Waals surface area contributed by atoms with Crippen molar-refractivity contribution in [2.45, 2.75) is 76.7 Å². The van der Waals surface area contributed by atoms with Crippen molar-refractivity contribution in [3.63, 3.8) is 0 Å². The van der Waals surface area contributed by atoms with E-state index in [2.05, 4.69) is 17.6 Å². The quantitative estimate of drug-likeness (QED) is 0.416. The predicted octanol–water partition coefficient (Wildman–Crippen LogP) is 2.00. The molecule has 8 nitrogen and oxygen atoms in total. The molecule has 2 bridgehead atoms. The minimum atomic E-state index is -1.02. The van der Waals surface area contributed by atoms with Crippen LogP contribution in [0, 0.1) is 17.8 Å². The topological polar surface area (TPSA) is 108 Å². The zero-order valence-electron chi connectivity index (χ0n) is 21.1. The fourth-order valence-corrected chi connectivity index (χ4v) is 6.49. The average Bonchev–Trinajstić information content (AvgIpc) is 3.36. The number of hydrogen-bond donors (Lipinski definition) is 3. The van der Waals surface area contributed by atoms with Crippen molar-refractivity contribution in [3.8, 4) is 0 Å². The number of likely N-dealkylation sites (tertiary alicyclic amines) is 1. The number of rotatable bonds is 11. The summed E-state index contributed by atoms with van der Waals surface area (Å²) in [6.45, 7) is 7.37. The van der Waals surface area contributed by atoms with Crippen molar-refractivity contribution in [2.75, 3.05) is 19.7 Å². The van der Waals surface area contributed by atoms with Crippen molar-refractivity contribution < 1.29 is 24.2 Å². The Labute approximate surface area is 207 Å². The number of aliphatic hydroxyl groups is 1. The van der Waals surface area contributed by atoms with Crippen LogP contribution in [-0.2, 0) is 25.7 Å². The van der Waals surface area contributed by atoms with Crippen LogP contribution >= 0.6 is 0 Å². The summed E-state index contributed by atoms with van der Waals surface area (Å²) in [5.41, 5.74) is -0.835. The maximum absolute atomic E-state index is 13.9. The third kappa shape index (κ3) is 4.35. The third-order valence-corrected chi connectivity index (χ3v) is 8.26. The van der Waals surface area contributed by atoms with Gasteiger partial charge in [-0.15, -0.1) is 0 Å². The standard InChI is InChI=1S/C27H39N3O5/c1-4-13-28-23(32)20-21-25(34)30(14-9-6-10-15-31)22(27(21)16-18(2)26(20,3)35-27)24(33)29-17-19-11-7-5-8-12-19/h5,7-8,11-12,18,20-22,31H,4,6,9-10,13-17H2,1-3H3,(H,28,32)(H,29,33)/t18?,20-,21+,22?,26+,27?/m1/s1. The molecule has 6 atom stereocenters. The molecule has 3 unspecified atom stereocenters. The van der Waals surface area contributed by atoms with Gasteiger partial charge >= 0.3 is 0 Å². The molecular formula is C27H39N3O5. The molecule has 8 heteroatoms. The average molecular weight is 486 g/mol.